The first kappa shape index (κ1) is 27.9. The van der Waals surface area contributed by atoms with Crippen LogP contribution in [0.25, 0.3) is 0 Å². The van der Waals surface area contributed by atoms with Crippen LogP contribution in [0.4, 0.5) is 0 Å². The summed E-state index contributed by atoms with van der Waals surface area (Å²) in [6, 6.07) is 0. The fraction of sp³-hybridized carbons (Fsp3) is 0.917. The van der Waals surface area contributed by atoms with Crippen LogP contribution in [0.5, 0.6) is 0 Å². The van der Waals surface area contributed by atoms with Crippen molar-refractivity contribution in [3.05, 3.63) is 0 Å². The van der Waals surface area contributed by atoms with Crippen LogP contribution in [-0.2, 0) is 23.8 Å². The molecule has 0 saturated carbocycles. The predicted octanol–water partition coefficient (Wildman–Crippen LogP) is 6.23. The maximum atomic E-state index is 11.5. The van der Waals surface area contributed by atoms with Gasteiger partial charge in [-0.15, -0.1) is 0 Å². The number of hydrogen-bond donors (Lipinski definition) is 0. The molecule has 0 fully saturated rings. The molecule has 0 aromatic rings. The normalized spacial score (nSPS) is 11.0. The van der Waals surface area contributed by atoms with Gasteiger partial charge in [-0.05, 0) is 18.8 Å². The Morgan fingerprint density at radius 1 is 0.621 bits per heavy atom. The van der Waals surface area contributed by atoms with Gasteiger partial charge in [0.05, 0.1) is 13.2 Å². The fourth-order valence-electron chi connectivity index (χ4n) is 3.02. The Kier molecular flexibility index (Phi) is 20.8. The van der Waals surface area contributed by atoms with Crippen LogP contribution in [0.1, 0.15) is 111 Å². The van der Waals surface area contributed by atoms with Crippen LogP contribution < -0.4 is 0 Å². The summed E-state index contributed by atoms with van der Waals surface area (Å²) in [5.41, 5.74) is 0. The van der Waals surface area contributed by atoms with Gasteiger partial charge in [-0.25, -0.2) is 9.59 Å². The summed E-state index contributed by atoms with van der Waals surface area (Å²) in [7, 11) is 0. The topological polar surface area (TPSA) is 61.8 Å². The number of carbonyl (C=O) groups excluding carboxylic acids is 2. The zero-order valence-corrected chi connectivity index (χ0v) is 19.3. The number of carbonyl (C=O) groups is 2. The smallest absolute Gasteiger partial charge is 0.332 e. The highest BCUT2D eigenvalue weighted by atomic mass is 16.6. The van der Waals surface area contributed by atoms with Gasteiger partial charge in [-0.3, -0.25) is 0 Å². The number of rotatable bonds is 21. The van der Waals surface area contributed by atoms with Gasteiger partial charge in [0.15, 0.2) is 0 Å². The number of hydrogen-bond acceptors (Lipinski definition) is 5. The first-order valence-corrected chi connectivity index (χ1v) is 11.9. The number of ether oxygens (including phenoxy) is 3. The van der Waals surface area contributed by atoms with E-state index in [4.69, 9.17) is 14.2 Å². The zero-order valence-electron chi connectivity index (χ0n) is 19.3. The molecular weight excluding hydrogens is 368 g/mol. The van der Waals surface area contributed by atoms with E-state index in [9.17, 15) is 9.59 Å². The van der Waals surface area contributed by atoms with E-state index in [1.807, 2.05) is 0 Å². The second-order valence-corrected chi connectivity index (χ2v) is 8.36. The molecule has 0 aromatic heterocycles. The molecule has 0 spiro atoms. The number of esters is 2. The molecule has 5 nitrogen and oxygen atoms in total. The van der Waals surface area contributed by atoms with Gasteiger partial charge in [-0.2, -0.15) is 0 Å². The van der Waals surface area contributed by atoms with Crippen molar-refractivity contribution >= 4 is 11.9 Å². The molecule has 0 aliphatic rings. The molecule has 0 atom stereocenters. The standard InChI is InChI=1S/C24H46O5/c1-4-5-6-7-8-9-10-11-12-13-14-15-16-18-28-23(25)20-27-21-24(26)29-19-17-22(2)3/h22H,4-21H2,1-3H3. The van der Waals surface area contributed by atoms with E-state index in [1.54, 1.807) is 0 Å². The summed E-state index contributed by atoms with van der Waals surface area (Å²) in [6.45, 7) is 6.82. The summed E-state index contributed by atoms with van der Waals surface area (Å²) in [6.07, 6.45) is 17.6. The van der Waals surface area contributed by atoms with Crippen molar-refractivity contribution in [2.75, 3.05) is 26.4 Å². The second kappa shape index (κ2) is 21.6. The van der Waals surface area contributed by atoms with Crippen molar-refractivity contribution in [2.24, 2.45) is 5.92 Å². The molecule has 0 aromatic carbocycles. The minimum atomic E-state index is -0.435. The van der Waals surface area contributed by atoms with Gasteiger partial charge in [0.1, 0.15) is 13.2 Å². The van der Waals surface area contributed by atoms with Gasteiger partial charge in [0.2, 0.25) is 0 Å². The minimum absolute atomic E-state index is 0.197. The lowest BCUT2D eigenvalue weighted by atomic mass is 10.0. The molecule has 0 aliphatic heterocycles. The Labute approximate surface area is 179 Å². The highest BCUT2D eigenvalue weighted by Gasteiger charge is 2.07. The zero-order chi connectivity index (χ0) is 21.6. The minimum Gasteiger partial charge on any atom is -0.464 e. The molecule has 172 valence electrons. The van der Waals surface area contributed by atoms with Crippen LogP contribution in [0.15, 0.2) is 0 Å². The third-order valence-electron chi connectivity index (χ3n) is 4.91. The van der Waals surface area contributed by atoms with Gasteiger partial charge in [0.25, 0.3) is 0 Å². The molecule has 29 heavy (non-hydrogen) atoms. The SMILES string of the molecule is CCCCCCCCCCCCCCCOC(=O)COCC(=O)OCCC(C)C. The van der Waals surface area contributed by atoms with Gasteiger partial charge in [0, 0.05) is 0 Å². The lowest BCUT2D eigenvalue weighted by Crippen LogP contribution is -2.19. The first-order chi connectivity index (χ1) is 14.1. The summed E-state index contributed by atoms with van der Waals surface area (Å²) in [4.78, 5) is 23.0. The van der Waals surface area contributed by atoms with E-state index in [0.717, 1.165) is 19.3 Å². The summed E-state index contributed by atoms with van der Waals surface area (Å²) >= 11 is 0. The van der Waals surface area contributed by atoms with Crippen molar-refractivity contribution in [2.45, 2.75) is 111 Å². The molecule has 0 amide bonds. The summed E-state index contributed by atoms with van der Waals surface area (Å²) in [5.74, 6) is -0.363. The molecule has 0 radical (unpaired) electrons. The van der Waals surface area contributed by atoms with E-state index in [1.165, 1.54) is 70.6 Å². The second-order valence-electron chi connectivity index (χ2n) is 8.36. The summed E-state index contributed by atoms with van der Waals surface area (Å²) in [5, 5.41) is 0. The van der Waals surface area contributed by atoms with Crippen molar-refractivity contribution in [3.63, 3.8) is 0 Å². The maximum Gasteiger partial charge on any atom is 0.332 e. The molecule has 0 bridgehead atoms. The van der Waals surface area contributed by atoms with Crippen LogP contribution in [0.3, 0.4) is 0 Å². The molecule has 0 saturated heterocycles. The Morgan fingerprint density at radius 3 is 1.48 bits per heavy atom. The Morgan fingerprint density at radius 2 is 1.03 bits per heavy atom. The Balaban J connectivity index is 3.26. The maximum absolute atomic E-state index is 11.5. The third-order valence-corrected chi connectivity index (χ3v) is 4.91. The third kappa shape index (κ3) is 23.0. The molecule has 0 rings (SSSR count). The summed E-state index contributed by atoms with van der Waals surface area (Å²) < 4.78 is 15.2. The monoisotopic (exact) mass is 414 g/mol. The van der Waals surface area contributed by atoms with Crippen LogP contribution in [-0.4, -0.2) is 38.4 Å². The van der Waals surface area contributed by atoms with E-state index in [2.05, 4.69) is 20.8 Å². The van der Waals surface area contributed by atoms with Crippen molar-refractivity contribution in [1.29, 1.82) is 0 Å². The lowest BCUT2D eigenvalue weighted by Gasteiger charge is -2.08. The van der Waals surface area contributed by atoms with E-state index >= 15 is 0 Å². The van der Waals surface area contributed by atoms with E-state index < -0.39 is 11.9 Å². The first-order valence-electron chi connectivity index (χ1n) is 11.9. The Bertz CT molecular complexity index is 381. The molecule has 0 unspecified atom stereocenters. The average Bonchev–Trinajstić information content (AvgIpc) is 2.68. The lowest BCUT2D eigenvalue weighted by molar-refractivity contribution is -0.155. The molecule has 0 aliphatic carbocycles. The van der Waals surface area contributed by atoms with E-state index in [-0.39, 0.29) is 13.2 Å². The highest BCUT2D eigenvalue weighted by Crippen LogP contribution is 2.12. The molecular formula is C24H46O5. The molecule has 0 N–H and O–H groups in total. The number of unbranched alkanes of at least 4 members (excludes halogenated alkanes) is 12. The predicted molar refractivity (Wildman–Crippen MR) is 118 cm³/mol. The van der Waals surface area contributed by atoms with Gasteiger partial charge < -0.3 is 14.2 Å². The van der Waals surface area contributed by atoms with Crippen LogP contribution in [0.2, 0.25) is 0 Å². The van der Waals surface area contributed by atoms with Gasteiger partial charge in [-0.1, -0.05) is 97.8 Å². The fourth-order valence-corrected chi connectivity index (χ4v) is 3.02. The molecule has 5 heteroatoms. The largest absolute Gasteiger partial charge is 0.464 e. The van der Waals surface area contributed by atoms with E-state index in [0.29, 0.717) is 19.1 Å². The van der Waals surface area contributed by atoms with Crippen LogP contribution in [0, 0.1) is 5.92 Å². The quantitative estimate of drug-likeness (QED) is 0.165. The van der Waals surface area contributed by atoms with Crippen molar-refractivity contribution in [1.82, 2.24) is 0 Å². The van der Waals surface area contributed by atoms with Crippen LogP contribution >= 0.6 is 0 Å². The van der Waals surface area contributed by atoms with Crippen molar-refractivity contribution < 1.29 is 23.8 Å². The Hall–Kier alpha value is -1.10. The van der Waals surface area contributed by atoms with Gasteiger partial charge >= 0.3 is 11.9 Å². The highest BCUT2D eigenvalue weighted by molar-refractivity contribution is 5.73. The van der Waals surface area contributed by atoms with Crippen molar-refractivity contribution in [3.8, 4) is 0 Å². The average molecular weight is 415 g/mol. The molecule has 0 heterocycles.